The largest absolute Gasteiger partial charge is 0.341 e. The van der Waals surface area contributed by atoms with Crippen molar-refractivity contribution in [1.82, 2.24) is 19.7 Å². The van der Waals surface area contributed by atoms with E-state index in [0.29, 0.717) is 33.8 Å². The Balaban J connectivity index is 1.66. The van der Waals surface area contributed by atoms with Gasteiger partial charge in [-0.25, -0.2) is 14.4 Å². The number of anilines is 1. The summed E-state index contributed by atoms with van der Waals surface area (Å²) in [7, 11) is 1.78. The monoisotopic (exact) mass is 427 g/mol. The quantitative estimate of drug-likeness (QED) is 0.536. The number of nitriles is 1. The van der Waals surface area contributed by atoms with Crippen LogP contribution in [0.5, 0.6) is 0 Å². The Bertz CT molecular complexity index is 1330. The van der Waals surface area contributed by atoms with Crippen molar-refractivity contribution in [3.63, 3.8) is 0 Å². The smallest absolute Gasteiger partial charge is 0.225 e. The summed E-state index contributed by atoms with van der Waals surface area (Å²) < 4.78 is 16.9. The van der Waals surface area contributed by atoms with E-state index in [9.17, 15) is 0 Å². The van der Waals surface area contributed by atoms with E-state index < -0.39 is 0 Å². The highest BCUT2D eigenvalue weighted by atomic mass is 19.1. The van der Waals surface area contributed by atoms with E-state index in [-0.39, 0.29) is 11.9 Å². The molecule has 1 fully saturated rings. The molecular formula is C24H22FN7. The van der Waals surface area contributed by atoms with Crippen LogP contribution in [-0.4, -0.2) is 38.9 Å². The third kappa shape index (κ3) is 3.57. The van der Waals surface area contributed by atoms with Crippen LogP contribution in [0.2, 0.25) is 0 Å². The minimum atomic E-state index is -0.365. The van der Waals surface area contributed by atoms with Gasteiger partial charge >= 0.3 is 0 Å². The molecule has 8 heteroatoms. The Morgan fingerprint density at radius 2 is 1.84 bits per heavy atom. The summed E-state index contributed by atoms with van der Waals surface area (Å²) in [5, 5.41) is 14.2. The number of aromatic nitrogens is 4. The topological polar surface area (TPSA) is 96.7 Å². The molecule has 4 aromatic rings. The third-order valence-corrected chi connectivity index (χ3v) is 6.01. The second-order valence-electron chi connectivity index (χ2n) is 8.10. The van der Waals surface area contributed by atoms with Crippen LogP contribution in [0.1, 0.15) is 18.4 Å². The van der Waals surface area contributed by atoms with E-state index in [4.69, 9.17) is 16.0 Å². The molecule has 7 nitrogen and oxygen atoms in total. The summed E-state index contributed by atoms with van der Waals surface area (Å²) in [5.74, 6) is 0.235. The molecule has 0 aliphatic carbocycles. The molecule has 1 aliphatic rings. The van der Waals surface area contributed by atoms with Crippen LogP contribution in [0.15, 0.2) is 48.8 Å². The predicted molar refractivity (Wildman–Crippen MR) is 121 cm³/mol. The van der Waals surface area contributed by atoms with Crippen LogP contribution in [0.3, 0.4) is 0 Å². The van der Waals surface area contributed by atoms with Crippen LogP contribution in [-0.2, 0) is 7.05 Å². The Kier molecular flexibility index (Phi) is 5.04. The Labute approximate surface area is 184 Å². The second kappa shape index (κ2) is 8.02. The average molecular weight is 427 g/mol. The van der Waals surface area contributed by atoms with Crippen LogP contribution in [0, 0.1) is 17.1 Å². The van der Waals surface area contributed by atoms with Crippen molar-refractivity contribution in [3.05, 3.63) is 60.2 Å². The molecule has 0 unspecified atom stereocenters. The van der Waals surface area contributed by atoms with Crippen molar-refractivity contribution >= 4 is 16.9 Å². The molecule has 1 saturated heterocycles. The zero-order valence-electron chi connectivity index (χ0n) is 17.7. The zero-order valence-corrected chi connectivity index (χ0v) is 17.7. The first-order chi connectivity index (χ1) is 15.5. The van der Waals surface area contributed by atoms with E-state index in [1.807, 2.05) is 12.1 Å². The van der Waals surface area contributed by atoms with Crippen molar-refractivity contribution < 1.29 is 4.39 Å². The molecule has 0 amide bonds. The van der Waals surface area contributed by atoms with Crippen LogP contribution >= 0.6 is 0 Å². The minimum Gasteiger partial charge on any atom is -0.341 e. The summed E-state index contributed by atoms with van der Waals surface area (Å²) in [4.78, 5) is 11.5. The fourth-order valence-corrected chi connectivity index (χ4v) is 4.12. The number of fused-ring (bicyclic) bond motifs is 1. The maximum atomic E-state index is 15.2. The van der Waals surface area contributed by atoms with Crippen molar-refractivity contribution in [2.75, 3.05) is 18.0 Å². The first-order valence-electron chi connectivity index (χ1n) is 10.5. The molecule has 1 aliphatic heterocycles. The van der Waals surface area contributed by atoms with Gasteiger partial charge in [-0.2, -0.15) is 10.4 Å². The van der Waals surface area contributed by atoms with E-state index >= 15 is 4.39 Å². The highest BCUT2D eigenvalue weighted by Gasteiger charge is 2.22. The SMILES string of the molecule is Cn1ncc2cc(-c3cnc(N4CCC(N)CC4)nc3-c3ccc(C#N)cc3)c(F)cc21. The second-order valence-corrected chi connectivity index (χ2v) is 8.10. The number of hydrogen-bond acceptors (Lipinski definition) is 6. The summed E-state index contributed by atoms with van der Waals surface area (Å²) in [6, 6.07) is 12.7. The lowest BCUT2D eigenvalue weighted by Gasteiger charge is -2.30. The van der Waals surface area contributed by atoms with Crippen LogP contribution in [0.4, 0.5) is 10.3 Å². The lowest BCUT2D eigenvalue weighted by Crippen LogP contribution is -2.40. The van der Waals surface area contributed by atoms with E-state index in [1.165, 1.54) is 6.07 Å². The average Bonchev–Trinajstić information content (AvgIpc) is 3.18. The fraction of sp³-hybridized carbons (Fsp3) is 0.250. The fourth-order valence-electron chi connectivity index (χ4n) is 4.12. The zero-order chi connectivity index (χ0) is 22.2. The molecule has 0 radical (unpaired) electrons. The molecule has 2 N–H and O–H groups in total. The Morgan fingerprint density at radius 1 is 1.09 bits per heavy atom. The van der Waals surface area contributed by atoms with Gasteiger partial charge in [0.05, 0.1) is 29.0 Å². The predicted octanol–water partition coefficient (Wildman–Crippen LogP) is 3.64. The molecule has 0 saturated carbocycles. The molecule has 2 aromatic carbocycles. The van der Waals surface area contributed by atoms with Crippen molar-refractivity contribution in [2.45, 2.75) is 18.9 Å². The number of benzene rings is 2. The van der Waals surface area contributed by atoms with E-state index in [0.717, 1.165) is 36.9 Å². The molecule has 3 heterocycles. The van der Waals surface area contributed by atoms with Gasteiger partial charge in [-0.05, 0) is 31.0 Å². The van der Waals surface area contributed by atoms with Gasteiger partial charge in [0.1, 0.15) is 5.82 Å². The van der Waals surface area contributed by atoms with Gasteiger partial charge in [0.25, 0.3) is 0 Å². The van der Waals surface area contributed by atoms with Crippen LogP contribution < -0.4 is 10.6 Å². The number of nitrogens with zero attached hydrogens (tertiary/aromatic N) is 6. The number of piperidine rings is 1. The molecular weight excluding hydrogens is 405 g/mol. The highest BCUT2D eigenvalue weighted by molar-refractivity contribution is 5.89. The van der Waals surface area contributed by atoms with Gasteiger partial charge in [0.2, 0.25) is 5.95 Å². The van der Waals surface area contributed by atoms with Gasteiger partial charge in [-0.1, -0.05) is 12.1 Å². The van der Waals surface area contributed by atoms with Gasteiger partial charge in [-0.15, -0.1) is 0 Å². The van der Waals surface area contributed by atoms with Gasteiger partial charge in [0, 0.05) is 60.5 Å². The standard InChI is InChI=1S/C24H22FN7/c1-31-22-11-21(25)19(10-17(22)13-29-31)20-14-28-24(32-8-6-18(27)7-9-32)30-23(20)16-4-2-15(12-26)3-5-16/h2-5,10-11,13-14,18H,6-9,27H2,1H3. The van der Waals surface area contributed by atoms with Crippen molar-refractivity contribution in [1.29, 1.82) is 5.26 Å². The summed E-state index contributed by atoms with van der Waals surface area (Å²) in [6.45, 7) is 1.56. The van der Waals surface area contributed by atoms with Gasteiger partial charge < -0.3 is 10.6 Å². The summed E-state index contributed by atoms with van der Waals surface area (Å²) >= 11 is 0. The number of hydrogen-bond donors (Lipinski definition) is 1. The van der Waals surface area contributed by atoms with Gasteiger partial charge in [0.15, 0.2) is 0 Å². The number of nitrogens with two attached hydrogens (primary N) is 1. The summed E-state index contributed by atoms with van der Waals surface area (Å²) in [5.41, 5.74) is 9.74. The number of aryl methyl sites for hydroxylation is 1. The minimum absolute atomic E-state index is 0.198. The van der Waals surface area contributed by atoms with E-state index in [1.54, 1.807) is 42.3 Å². The Morgan fingerprint density at radius 3 is 2.56 bits per heavy atom. The normalized spacial score (nSPS) is 14.6. The molecule has 5 rings (SSSR count). The molecule has 0 bridgehead atoms. The number of rotatable bonds is 3. The lowest BCUT2D eigenvalue weighted by molar-refractivity contribution is 0.495. The Hall–Kier alpha value is -3.83. The molecule has 2 aromatic heterocycles. The lowest BCUT2D eigenvalue weighted by atomic mass is 9.98. The third-order valence-electron chi connectivity index (χ3n) is 6.01. The first-order valence-corrected chi connectivity index (χ1v) is 10.5. The van der Waals surface area contributed by atoms with E-state index in [2.05, 4.69) is 21.1 Å². The molecule has 0 spiro atoms. The van der Waals surface area contributed by atoms with Crippen molar-refractivity contribution in [3.8, 4) is 28.5 Å². The molecule has 32 heavy (non-hydrogen) atoms. The maximum Gasteiger partial charge on any atom is 0.225 e. The van der Waals surface area contributed by atoms with Gasteiger partial charge in [-0.3, -0.25) is 4.68 Å². The van der Waals surface area contributed by atoms with Crippen molar-refractivity contribution in [2.24, 2.45) is 12.8 Å². The summed E-state index contributed by atoms with van der Waals surface area (Å²) in [6.07, 6.45) is 5.16. The highest BCUT2D eigenvalue weighted by Crippen LogP contribution is 2.35. The van der Waals surface area contributed by atoms with Crippen LogP contribution in [0.25, 0.3) is 33.3 Å². The maximum absolute atomic E-state index is 15.2. The first kappa shape index (κ1) is 20.1. The number of halogens is 1. The molecule has 0 atom stereocenters. The molecule has 160 valence electrons.